The summed E-state index contributed by atoms with van der Waals surface area (Å²) in [5.74, 6) is 0. The number of aliphatic hydroxyl groups excluding tert-OH is 2. The van der Waals surface area contributed by atoms with Crippen LogP contribution < -0.4 is 0 Å². The number of rotatable bonds is 4. The van der Waals surface area contributed by atoms with Gasteiger partial charge in [-0.05, 0) is 13.8 Å². The topological polar surface area (TPSA) is 80.9 Å². The van der Waals surface area contributed by atoms with E-state index in [0.717, 1.165) is 0 Å². The Balaban J connectivity index is 4.02. The third-order valence-corrected chi connectivity index (χ3v) is 1.44. The molecule has 0 aliphatic rings. The summed E-state index contributed by atoms with van der Waals surface area (Å²) in [6.45, 7) is 1.95. The summed E-state index contributed by atoms with van der Waals surface area (Å²) in [5, 5.41) is 35.8. The fourth-order valence-electron chi connectivity index (χ4n) is 0.932. The first-order chi connectivity index (χ1) is 4.83. The molecule has 2 unspecified atom stereocenters. The minimum Gasteiger partial charge on any atom is -0.393 e. The first-order valence-electron chi connectivity index (χ1n) is 3.49. The van der Waals surface area contributed by atoms with Gasteiger partial charge in [-0.15, -0.1) is 0 Å². The minimum absolute atomic E-state index is 0.0486. The van der Waals surface area contributed by atoms with E-state index in [-0.39, 0.29) is 6.42 Å². The Kier molecular flexibility index (Phi) is 3.44. The molecule has 0 aromatic heterocycles. The lowest BCUT2D eigenvalue weighted by molar-refractivity contribution is -0.0894. The quantitative estimate of drug-likeness (QED) is 0.423. The summed E-state index contributed by atoms with van der Waals surface area (Å²) in [5.41, 5.74) is -2.65. The van der Waals surface area contributed by atoms with Gasteiger partial charge in [0.1, 0.15) is 0 Å². The fraction of sp³-hybridized carbons (Fsp3) is 1.00. The van der Waals surface area contributed by atoms with Crippen LogP contribution in [-0.2, 0) is 0 Å². The Bertz CT molecular complexity index is 106. The van der Waals surface area contributed by atoms with Crippen LogP contribution in [0.15, 0.2) is 0 Å². The van der Waals surface area contributed by atoms with E-state index in [1.165, 1.54) is 13.8 Å². The lowest BCUT2D eigenvalue weighted by atomic mass is 9.91. The van der Waals surface area contributed by atoms with Gasteiger partial charge in [-0.2, -0.15) is 0 Å². The van der Waals surface area contributed by atoms with Gasteiger partial charge in [0.05, 0.1) is 24.4 Å². The van der Waals surface area contributed by atoms with Gasteiger partial charge in [-0.3, -0.25) is 0 Å². The molecule has 0 aliphatic carbocycles. The zero-order chi connectivity index (χ0) is 9.12. The standard InChI is InChI=1S/C7H16O4/c1-6(10,4-8)3-7(2,11)5-9/h8-11H,3-5H2,1-2H3. The maximum atomic E-state index is 9.27. The monoisotopic (exact) mass is 164 g/mol. The van der Waals surface area contributed by atoms with Crippen molar-refractivity contribution in [1.29, 1.82) is 0 Å². The zero-order valence-electron chi connectivity index (χ0n) is 6.91. The molecule has 0 heterocycles. The van der Waals surface area contributed by atoms with E-state index in [9.17, 15) is 10.2 Å². The van der Waals surface area contributed by atoms with Crippen LogP contribution in [0.1, 0.15) is 20.3 Å². The summed E-state index contributed by atoms with van der Waals surface area (Å²) >= 11 is 0. The molecule has 11 heavy (non-hydrogen) atoms. The molecule has 0 aromatic rings. The Morgan fingerprint density at radius 3 is 1.36 bits per heavy atom. The maximum absolute atomic E-state index is 9.27. The highest BCUT2D eigenvalue weighted by Gasteiger charge is 2.31. The Morgan fingerprint density at radius 1 is 0.909 bits per heavy atom. The van der Waals surface area contributed by atoms with Gasteiger partial charge in [0.15, 0.2) is 0 Å². The molecule has 0 aliphatic heterocycles. The summed E-state index contributed by atoms with van der Waals surface area (Å²) in [7, 11) is 0. The van der Waals surface area contributed by atoms with Crippen LogP contribution in [0.3, 0.4) is 0 Å². The van der Waals surface area contributed by atoms with Crippen molar-refractivity contribution in [3.8, 4) is 0 Å². The molecule has 4 heteroatoms. The van der Waals surface area contributed by atoms with E-state index in [1.54, 1.807) is 0 Å². The van der Waals surface area contributed by atoms with Gasteiger partial charge in [0.2, 0.25) is 0 Å². The second-order valence-electron chi connectivity index (χ2n) is 3.49. The lowest BCUT2D eigenvalue weighted by Gasteiger charge is -2.29. The van der Waals surface area contributed by atoms with Crippen LogP contribution in [-0.4, -0.2) is 44.8 Å². The molecule has 4 nitrogen and oxygen atoms in total. The lowest BCUT2D eigenvalue weighted by Crippen LogP contribution is -2.42. The molecule has 0 bridgehead atoms. The number of aliphatic hydroxyl groups is 4. The third-order valence-electron chi connectivity index (χ3n) is 1.44. The normalized spacial score (nSPS) is 22.4. The molecule has 0 radical (unpaired) electrons. The van der Waals surface area contributed by atoms with Crippen LogP contribution in [0, 0.1) is 0 Å². The largest absolute Gasteiger partial charge is 0.393 e. The molecular weight excluding hydrogens is 148 g/mol. The van der Waals surface area contributed by atoms with Gasteiger partial charge in [-0.1, -0.05) is 0 Å². The Morgan fingerprint density at radius 2 is 1.18 bits per heavy atom. The maximum Gasteiger partial charge on any atom is 0.0877 e. The average Bonchev–Trinajstić information content (AvgIpc) is 1.86. The van der Waals surface area contributed by atoms with E-state index in [0.29, 0.717) is 0 Å². The molecule has 0 aromatic carbocycles. The first-order valence-corrected chi connectivity index (χ1v) is 3.49. The average molecular weight is 164 g/mol. The summed E-state index contributed by atoms with van der Waals surface area (Å²) < 4.78 is 0. The number of hydrogen-bond acceptors (Lipinski definition) is 4. The molecule has 68 valence electrons. The number of hydrogen-bond donors (Lipinski definition) is 4. The van der Waals surface area contributed by atoms with E-state index < -0.39 is 24.4 Å². The van der Waals surface area contributed by atoms with Gasteiger partial charge in [0, 0.05) is 6.42 Å². The van der Waals surface area contributed by atoms with Crippen LogP contribution in [0.2, 0.25) is 0 Å². The fourth-order valence-corrected chi connectivity index (χ4v) is 0.932. The predicted molar refractivity (Wildman–Crippen MR) is 40.0 cm³/mol. The molecule has 0 amide bonds. The van der Waals surface area contributed by atoms with Crippen molar-refractivity contribution in [2.75, 3.05) is 13.2 Å². The summed E-state index contributed by atoms with van der Waals surface area (Å²) in [6, 6.07) is 0. The second-order valence-corrected chi connectivity index (χ2v) is 3.49. The van der Waals surface area contributed by atoms with E-state index in [4.69, 9.17) is 10.2 Å². The highest BCUT2D eigenvalue weighted by Crippen LogP contribution is 2.18. The van der Waals surface area contributed by atoms with Crippen molar-refractivity contribution < 1.29 is 20.4 Å². The SMILES string of the molecule is CC(O)(CO)CC(C)(O)CO. The smallest absolute Gasteiger partial charge is 0.0877 e. The van der Waals surface area contributed by atoms with Gasteiger partial charge >= 0.3 is 0 Å². The third kappa shape index (κ3) is 4.31. The molecule has 4 N–H and O–H groups in total. The molecule has 0 saturated heterocycles. The molecule has 0 spiro atoms. The van der Waals surface area contributed by atoms with Gasteiger partial charge < -0.3 is 20.4 Å². The van der Waals surface area contributed by atoms with E-state index in [1.807, 2.05) is 0 Å². The van der Waals surface area contributed by atoms with Crippen LogP contribution in [0.4, 0.5) is 0 Å². The van der Waals surface area contributed by atoms with Crippen LogP contribution >= 0.6 is 0 Å². The Hall–Kier alpha value is -0.160. The summed E-state index contributed by atoms with van der Waals surface area (Å²) in [6.07, 6.45) is -0.0486. The highest BCUT2D eigenvalue weighted by molar-refractivity contribution is 4.83. The molecule has 2 atom stereocenters. The zero-order valence-corrected chi connectivity index (χ0v) is 6.91. The minimum atomic E-state index is -1.33. The van der Waals surface area contributed by atoms with Gasteiger partial charge in [0.25, 0.3) is 0 Å². The van der Waals surface area contributed by atoms with Crippen molar-refractivity contribution in [2.45, 2.75) is 31.5 Å². The van der Waals surface area contributed by atoms with Crippen molar-refractivity contribution in [2.24, 2.45) is 0 Å². The van der Waals surface area contributed by atoms with Crippen molar-refractivity contribution >= 4 is 0 Å². The van der Waals surface area contributed by atoms with E-state index >= 15 is 0 Å². The van der Waals surface area contributed by atoms with Crippen LogP contribution in [0.25, 0.3) is 0 Å². The molecular formula is C7H16O4. The van der Waals surface area contributed by atoms with Crippen molar-refractivity contribution in [3.05, 3.63) is 0 Å². The Labute approximate surface area is 66.1 Å². The van der Waals surface area contributed by atoms with E-state index in [2.05, 4.69) is 0 Å². The first kappa shape index (κ1) is 10.8. The summed E-state index contributed by atoms with van der Waals surface area (Å²) in [4.78, 5) is 0. The van der Waals surface area contributed by atoms with Crippen molar-refractivity contribution in [1.82, 2.24) is 0 Å². The van der Waals surface area contributed by atoms with Crippen molar-refractivity contribution in [3.63, 3.8) is 0 Å². The molecule has 0 fully saturated rings. The molecule has 0 saturated carbocycles. The predicted octanol–water partition coefficient (Wildman–Crippen LogP) is -1.14. The van der Waals surface area contributed by atoms with Crippen LogP contribution in [0.5, 0.6) is 0 Å². The molecule has 0 rings (SSSR count). The second kappa shape index (κ2) is 3.49. The van der Waals surface area contributed by atoms with Gasteiger partial charge in [-0.25, -0.2) is 0 Å². The highest BCUT2D eigenvalue weighted by atomic mass is 16.3.